The van der Waals surface area contributed by atoms with E-state index >= 15 is 0 Å². The van der Waals surface area contributed by atoms with Crippen molar-refractivity contribution in [2.24, 2.45) is 0 Å². The molecule has 0 saturated heterocycles. The first kappa shape index (κ1) is 16.8. The van der Waals surface area contributed by atoms with Crippen LogP contribution in [0.4, 0.5) is 0 Å². The van der Waals surface area contributed by atoms with Crippen molar-refractivity contribution in [3.8, 4) is 11.5 Å². The molecule has 0 unspecified atom stereocenters. The van der Waals surface area contributed by atoms with Crippen LogP contribution in [0.3, 0.4) is 0 Å². The van der Waals surface area contributed by atoms with Crippen molar-refractivity contribution in [3.05, 3.63) is 59.7 Å². The van der Waals surface area contributed by atoms with E-state index in [0.717, 1.165) is 29.0 Å². The van der Waals surface area contributed by atoms with Gasteiger partial charge in [-0.05, 0) is 42.5 Å². The highest BCUT2D eigenvalue weighted by Crippen LogP contribution is 2.32. The van der Waals surface area contributed by atoms with Crippen LogP contribution in [0, 0.1) is 0 Å². The highest BCUT2D eigenvalue weighted by atomic mass is 32.2. The molecule has 0 saturated carbocycles. The highest BCUT2D eigenvalue weighted by Gasteiger charge is 2.14. The molecule has 0 aromatic heterocycles. The second kappa shape index (κ2) is 7.68. The summed E-state index contributed by atoms with van der Waals surface area (Å²) in [6.45, 7) is 0.625. The number of fused-ring (bicyclic) bond motifs is 1. The summed E-state index contributed by atoms with van der Waals surface area (Å²) in [6, 6.07) is 15.6. The number of hydrogen-bond acceptors (Lipinski definition) is 4. The Bertz CT molecular complexity index is 775. The van der Waals surface area contributed by atoms with Crippen LogP contribution < -0.4 is 14.2 Å². The average Bonchev–Trinajstić information content (AvgIpc) is 3.03. The summed E-state index contributed by atoms with van der Waals surface area (Å²) in [7, 11) is -3.24. The first-order chi connectivity index (χ1) is 11.6. The Labute approximate surface area is 142 Å². The van der Waals surface area contributed by atoms with Gasteiger partial charge in [0, 0.05) is 6.54 Å². The summed E-state index contributed by atoms with van der Waals surface area (Å²) in [5.74, 6) is 1.60. The van der Waals surface area contributed by atoms with Crippen LogP contribution in [-0.4, -0.2) is 27.5 Å². The summed E-state index contributed by atoms with van der Waals surface area (Å²) in [4.78, 5) is 0. The normalized spacial score (nSPS) is 13.2. The van der Waals surface area contributed by atoms with Gasteiger partial charge in [0.25, 0.3) is 0 Å². The maximum Gasteiger partial charge on any atom is 0.231 e. The standard InChI is InChI=1S/C18H21NO4S/c20-24(21,12-4-7-15-5-2-1-3-6-15)19-11-10-16-8-9-17-18(13-16)23-14-22-17/h1-3,5-6,8-9,13,19H,4,7,10-12,14H2. The molecule has 1 N–H and O–H groups in total. The average molecular weight is 347 g/mol. The number of rotatable bonds is 8. The zero-order valence-electron chi connectivity index (χ0n) is 13.4. The molecule has 3 rings (SSSR count). The van der Waals surface area contributed by atoms with E-state index in [9.17, 15) is 8.42 Å². The molecule has 0 amide bonds. The van der Waals surface area contributed by atoms with Gasteiger partial charge in [-0.25, -0.2) is 13.1 Å². The molecule has 1 aliphatic rings. The third-order valence-corrected chi connectivity index (χ3v) is 5.36. The number of benzene rings is 2. The van der Waals surface area contributed by atoms with Gasteiger partial charge in [0.05, 0.1) is 5.75 Å². The third kappa shape index (κ3) is 4.72. The second-order valence-electron chi connectivity index (χ2n) is 5.74. The second-order valence-corrected chi connectivity index (χ2v) is 7.67. The maximum absolute atomic E-state index is 12.0. The number of sulfonamides is 1. The van der Waals surface area contributed by atoms with Gasteiger partial charge in [-0.1, -0.05) is 36.4 Å². The van der Waals surface area contributed by atoms with Gasteiger partial charge in [0.1, 0.15) is 0 Å². The number of ether oxygens (including phenoxy) is 2. The van der Waals surface area contributed by atoms with E-state index in [0.29, 0.717) is 19.4 Å². The fourth-order valence-electron chi connectivity index (χ4n) is 2.63. The minimum Gasteiger partial charge on any atom is -0.454 e. The van der Waals surface area contributed by atoms with E-state index in [1.165, 1.54) is 0 Å². The third-order valence-electron chi connectivity index (χ3n) is 3.89. The van der Waals surface area contributed by atoms with Crippen molar-refractivity contribution in [2.45, 2.75) is 19.3 Å². The Balaban J connectivity index is 1.42. The SMILES string of the molecule is O=S(=O)(CCCc1ccccc1)NCCc1ccc2c(c1)OCO2. The lowest BCUT2D eigenvalue weighted by atomic mass is 10.1. The number of nitrogens with one attached hydrogen (secondary N) is 1. The largest absolute Gasteiger partial charge is 0.454 e. The van der Waals surface area contributed by atoms with Crippen LogP contribution in [-0.2, 0) is 22.9 Å². The van der Waals surface area contributed by atoms with Crippen molar-refractivity contribution in [2.75, 3.05) is 19.1 Å². The van der Waals surface area contributed by atoms with E-state index in [4.69, 9.17) is 9.47 Å². The van der Waals surface area contributed by atoms with Crippen molar-refractivity contribution in [3.63, 3.8) is 0 Å². The minimum atomic E-state index is -3.24. The Morgan fingerprint density at radius 3 is 2.54 bits per heavy atom. The molecule has 128 valence electrons. The molecule has 0 atom stereocenters. The Kier molecular flexibility index (Phi) is 5.37. The number of aryl methyl sites for hydroxylation is 1. The van der Waals surface area contributed by atoms with E-state index in [1.807, 2.05) is 48.5 Å². The fraction of sp³-hybridized carbons (Fsp3) is 0.333. The quantitative estimate of drug-likeness (QED) is 0.797. The zero-order chi connectivity index (χ0) is 16.8. The van der Waals surface area contributed by atoms with Crippen LogP contribution >= 0.6 is 0 Å². The Hall–Kier alpha value is -2.05. The van der Waals surface area contributed by atoms with Crippen LogP contribution in [0.25, 0.3) is 0 Å². The zero-order valence-corrected chi connectivity index (χ0v) is 14.2. The molecule has 5 nitrogen and oxygen atoms in total. The van der Waals surface area contributed by atoms with E-state index in [1.54, 1.807) is 0 Å². The minimum absolute atomic E-state index is 0.142. The van der Waals surface area contributed by atoms with Crippen molar-refractivity contribution < 1.29 is 17.9 Å². The summed E-state index contributed by atoms with van der Waals surface area (Å²) in [5, 5.41) is 0. The summed E-state index contributed by atoms with van der Waals surface area (Å²) in [6.07, 6.45) is 2.00. The monoisotopic (exact) mass is 347 g/mol. The van der Waals surface area contributed by atoms with Gasteiger partial charge in [0.2, 0.25) is 16.8 Å². The van der Waals surface area contributed by atoms with E-state index in [-0.39, 0.29) is 12.5 Å². The van der Waals surface area contributed by atoms with Gasteiger partial charge in [-0.15, -0.1) is 0 Å². The van der Waals surface area contributed by atoms with Gasteiger partial charge in [-0.3, -0.25) is 0 Å². The first-order valence-corrected chi connectivity index (χ1v) is 9.67. The van der Waals surface area contributed by atoms with Crippen LogP contribution in [0.5, 0.6) is 11.5 Å². The molecular formula is C18H21NO4S. The summed E-state index contributed by atoms with van der Waals surface area (Å²) < 4.78 is 37.3. The molecule has 0 bridgehead atoms. The topological polar surface area (TPSA) is 64.6 Å². The van der Waals surface area contributed by atoms with E-state index in [2.05, 4.69) is 4.72 Å². The van der Waals surface area contributed by atoms with Gasteiger partial charge >= 0.3 is 0 Å². The molecular weight excluding hydrogens is 326 g/mol. The molecule has 0 fully saturated rings. The van der Waals surface area contributed by atoms with Gasteiger partial charge < -0.3 is 9.47 Å². The fourth-order valence-corrected chi connectivity index (χ4v) is 3.71. The lowest BCUT2D eigenvalue weighted by Gasteiger charge is -2.07. The van der Waals surface area contributed by atoms with Crippen LogP contribution in [0.15, 0.2) is 48.5 Å². The molecule has 2 aromatic rings. The highest BCUT2D eigenvalue weighted by molar-refractivity contribution is 7.89. The first-order valence-electron chi connectivity index (χ1n) is 8.02. The molecule has 24 heavy (non-hydrogen) atoms. The maximum atomic E-state index is 12.0. The smallest absolute Gasteiger partial charge is 0.231 e. The van der Waals surface area contributed by atoms with Crippen molar-refractivity contribution in [1.29, 1.82) is 0 Å². The summed E-state index contributed by atoms with van der Waals surface area (Å²) >= 11 is 0. The van der Waals surface area contributed by atoms with Gasteiger partial charge in [-0.2, -0.15) is 0 Å². The molecule has 2 aromatic carbocycles. The Morgan fingerprint density at radius 2 is 1.71 bits per heavy atom. The van der Waals surface area contributed by atoms with Gasteiger partial charge in [0.15, 0.2) is 11.5 Å². The van der Waals surface area contributed by atoms with Crippen molar-refractivity contribution in [1.82, 2.24) is 4.72 Å². The van der Waals surface area contributed by atoms with Crippen LogP contribution in [0.2, 0.25) is 0 Å². The lowest BCUT2D eigenvalue weighted by Crippen LogP contribution is -2.28. The van der Waals surface area contributed by atoms with Crippen LogP contribution in [0.1, 0.15) is 17.5 Å². The van der Waals surface area contributed by atoms with E-state index < -0.39 is 10.0 Å². The Morgan fingerprint density at radius 1 is 0.917 bits per heavy atom. The molecule has 6 heteroatoms. The van der Waals surface area contributed by atoms with Crippen molar-refractivity contribution >= 4 is 10.0 Å². The molecule has 1 heterocycles. The molecule has 1 aliphatic heterocycles. The predicted octanol–water partition coefficient (Wildman–Crippen LogP) is 2.51. The lowest BCUT2D eigenvalue weighted by molar-refractivity contribution is 0.174. The molecule has 0 radical (unpaired) electrons. The molecule has 0 aliphatic carbocycles. The predicted molar refractivity (Wildman–Crippen MR) is 92.8 cm³/mol. The number of hydrogen-bond donors (Lipinski definition) is 1. The summed E-state index contributed by atoms with van der Waals surface area (Å²) in [5.41, 5.74) is 2.18. The molecule has 0 spiro atoms.